The number of carbonyl (C=O) groups is 3. The molecule has 0 unspecified atom stereocenters. The number of hydrogen-bond donors (Lipinski definition) is 4. The molecule has 1 aliphatic carbocycles. The van der Waals surface area contributed by atoms with Crippen LogP contribution in [0.15, 0.2) is 56.2 Å². The molecule has 0 bridgehead atoms. The third-order valence-electron chi connectivity index (χ3n) is 8.64. The van der Waals surface area contributed by atoms with Gasteiger partial charge in [-0.2, -0.15) is 0 Å². The van der Waals surface area contributed by atoms with E-state index in [1.807, 2.05) is 37.3 Å². The summed E-state index contributed by atoms with van der Waals surface area (Å²) in [7, 11) is 0. The fourth-order valence-corrected chi connectivity index (χ4v) is 6.30. The average Bonchev–Trinajstić information content (AvgIpc) is 3.58. The molecule has 6 rings (SSSR count). The van der Waals surface area contributed by atoms with E-state index in [4.69, 9.17) is 8.83 Å². The van der Waals surface area contributed by atoms with Gasteiger partial charge in [0.1, 0.15) is 29.0 Å². The van der Waals surface area contributed by atoms with Crippen molar-refractivity contribution in [1.29, 1.82) is 0 Å². The Kier molecular flexibility index (Phi) is 7.99. The number of furan rings is 1. The molecule has 0 radical (unpaired) electrons. The second kappa shape index (κ2) is 12.0. The van der Waals surface area contributed by atoms with E-state index in [0.717, 1.165) is 58.7 Å². The minimum absolute atomic E-state index is 0.0718. The van der Waals surface area contributed by atoms with E-state index in [-0.39, 0.29) is 18.4 Å². The van der Waals surface area contributed by atoms with Gasteiger partial charge in [0.05, 0.1) is 12.0 Å². The predicted octanol–water partition coefficient (Wildman–Crippen LogP) is 4.85. The smallest absolute Gasteiger partial charge is 0.340 e. The Balaban J connectivity index is 1.19. The number of rotatable bonds is 10. The zero-order valence-corrected chi connectivity index (χ0v) is 24.7. The molecule has 2 atom stereocenters. The normalized spacial score (nSPS) is 14.4. The summed E-state index contributed by atoms with van der Waals surface area (Å²) >= 11 is 0. The Labute approximate surface area is 252 Å². The van der Waals surface area contributed by atoms with Crippen LogP contribution >= 0.6 is 0 Å². The summed E-state index contributed by atoms with van der Waals surface area (Å²) in [6.07, 6.45) is 6.39. The summed E-state index contributed by atoms with van der Waals surface area (Å²) in [5.41, 5.74) is 4.14. The van der Waals surface area contributed by atoms with Crippen molar-refractivity contribution < 1.29 is 28.3 Å². The molecule has 0 spiro atoms. The maximum absolute atomic E-state index is 13.3. The first-order valence-corrected chi connectivity index (χ1v) is 15.1. The molecule has 2 amide bonds. The second-order valence-corrected chi connectivity index (χ2v) is 11.6. The molecule has 1 aliphatic rings. The average molecular weight is 598 g/mol. The highest BCUT2D eigenvalue weighted by Crippen LogP contribution is 2.35. The zero-order valence-electron chi connectivity index (χ0n) is 24.7. The maximum Gasteiger partial charge on any atom is 0.340 e. The number of benzene rings is 2. The molecule has 4 N–H and O–H groups in total. The minimum Gasteiger partial charge on any atom is -0.480 e. The number of aromatic amines is 1. The van der Waals surface area contributed by atoms with Crippen molar-refractivity contribution >= 4 is 50.6 Å². The van der Waals surface area contributed by atoms with Gasteiger partial charge in [-0.05, 0) is 55.9 Å². The largest absolute Gasteiger partial charge is 0.480 e. The van der Waals surface area contributed by atoms with Gasteiger partial charge >= 0.3 is 11.6 Å². The van der Waals surface area contributed by atoms with Crippen molar-refractivity contribution in [3.05, 3.63) is 81.0 Å². The van der Waals surface area contributed by atoms with Crippen LogP contribution in [0.25, 0.3) is 32.8 Å². The maximum atomic E-state index is 13.3. The standard InChI is InChI=1S/C34H35N3O7/c1-3-8-26(32(39)37-27(33(40)41)13-19-17-35-25-11-6-4-9-20(19)25)36-31(38)15-23-18(2)22-14-24-21-10-5-7-12-28(21)43-30(24)16-29(22)44-34(23)42/h4,6,9,11,14,16-17,26-27,35H,3,5,7-8,10,12-13,15H2,1-2H3,(H,36,38)(H,37,39)(H,40,41)/t26-,27-/m1/s1. The first kappa shape index (κ1) is 29.2. The van der Waals surface area contributed by atoms with Crippen LogP contribution in [0.3, 0.4) is 0 Å². The number of H-pyrrole nitrogens is 1. The highest BCUT2D eigenvalue weighted by Gasteiger charge is 2.28. The van der Waals surface area contributed by atoms with Crippen LogP contribution in [0, 0.1) is 6.92 Å². The van der Waals surface area contributed by atoms with Crippen molar-refractivity contribution in [1.82, 2.24) is 15.6 Å². The van der Waals surface area contributed by atoms with Crippen LogP contribution in [0.5, 0.6) is 0 Å². The molecule has 10 nitrogen and oxygen atoms in total. The number of hydrogen-bond acceptors (Lipinski definition) is 6. The minimum atomic E-state index is -1.20. The fourth-order valence-electron chi connectivity index (χ4n) is 6.30. The van der Waals surface area contributed by atoms with Gasteiger partial charge in [-0.3, -0.25) is 9.59 Å². The number of aryl methyl sites for hydroxylation is 3. The molecule has 0 fully saturated rings. The lowest BCUT2D eigenvalue weighted by atomic mass is 9.94. The Morgan fingerprint density at radius 2 is 1.75 bits per heavy atom. The SMILES string of the molecule is CCC[C@@H](NC(=O)Cc1c(C)c2cc3c4c(oc3cc2oc1=O)CCCC4)C(=O)N[C@H](Cc1c[nH]c2ccccc12)C(=O)O. The van der Waals surface area contributed by atoms with Crippen molar-refractivity contribution in [3.63, 3.8) is 0 Å². The van der Waals surface area contributed by atoms with Crippen LogP contribution in [0.2, 0.25) is 0 Å². The van der Waals surface area contributed by atoms with Crippen LogP contribution in [-0.2, 0) is 40.1 Å². The monoisotopic (exact) mass is 597 g/mol. The molecule has 44 heavy (non-hydrogen) atoms. The quantitative estimate of drug-likeness (QED) is 0.168. The van der Waals surface area contributed by atoms with E-state index in [1.54, 1.807) is 19.2 Å². The number of amides is 2. The number of fused-ring (bicyclic) bond motifs is 5. The van der Waals surface area contributed by atoms with Gasteiger partial charge in [-0.15, -0.1) is 0 Å². The number of carbonyl (C=O) groups excluding carboxylic acids is 2. The van der Waals surface area contributed by atoms with E-state index in [2.05, 4.69) is 15.6 Å². The Hall–Kier alpha value is -4.86. The molecule has 228 valence electrons. The van der Waals surface area contributed by atoms with Crippen molar-refractivity contribution in [2.24, 2.45) is 0 Å². The van der Waals surface area contributed by atoms with E-state index >= 15 is 0 Å². The topological polar surface area (TPSA) is 155 Å². The van der Waals surface area contributed by atoms with Gasteiger partial charge in [-0.25, -0.2) is 9.59 Å². The summed E-state index contributed by atoms with van der Waals surface area (Å²) in [5.74, 6) is -1.32. The predicted molar refractivity (Wildman–Crippen MR) is 166 cm³/mol. The molecule has 3 heterocycles. The van der Waals surface area contributed by atoms with Crippen LogP contribution in [0.1, 0.15) is 60.6 Å². The van der Waals surface area contributed by atoms with E-state index < -0.39 is 35.5 Å². The molecule has 5 aromatic rings. The van der Waals surface area contributed by atoms with E-state index in [9.17, 15) is 24.3 Å². The molecule has 2 aromatic carbocycles. The summed E-state index contributed by atoms with van der Waals surface area (Å²) in [5, 5.41) is 17.8. The third-order valence-corrected chi connectivity index (χ3v) is 8.64. The number of para-hydroxylation sites is 1. The van der Waals surface area contributed by atoms with Crippen molar-refractivity contribution in [2.75, 3.05) is 0 Å². The fraction of sp³-hybridized carbons (Fsp3) is 0.353. The Bertz CT molecular complexity index is 1960. The number of aliphatic carboxylic acids is 1. The lowest BCUT2D eigenvalue weighted by Crippen LogP contribution is -2.52. The van der Waals surface area contributed by atoms with Crippen molar-refractivity contribution in [3.8, 4) is 0 Å². The van der Waals surface area contributed by atoms with Gasteiger partial charge in [0, 0.05) is 52.3 Å². The lowest BCUT2D eigenvalue weighted by Gasteiger charge is -2.21. The van der Waals surface area contributed by atoms with Gasteiger partial charge in [-0.1, -0.05) is 31.5 Å². The molecule has 0 aliphatic heterocycles. The van der Waals surface area contributed by atoms with E-state index in [0.29, 0.717) is 29.6 Å². The summed E-state index contributed by atoms with van der Waals surface area (Å²) in [6, 6.07) is 9.08. The first-order valence-electron chi connectivity index (χ1n) is 15.1. The summed E-state index contributed by atoms with van der Waals surface area (Å²) in [4.78, 5) is 54.7. The van der Waals surface area contributed by atoms with Crippen LogP contribution < -0.4 is 16.3 Å². The molecule has 0 saturated heterocycles. The molecule has 10 heteroatoms. The first-order chi connectivity index (χ1) is 21.2. The van der Waals surface area contributed by atoms with Crippen molar-refractivity contribution in [2.45, 2.75) is 77.3 Å². The Morgan fingerprint density at radius 1 is 0.977 bits per heavy atom. The molecule has 0 saturated carbocycles. The highest BCUT2D eigenvalue weighted by atomic mass is 16.4. The van der Waals surface area contributed by atoms with Gasteiger partial charge in [0.15, 0.2) is 0 Å². The van der Waals surface area contributed by atoms with E-state index in [1.165, 1.54) is 5.56 Å². The number of carboxylic acids is 1. The number of aromatic nitrogens is 1. The van der Waals surface area contributed by atoms with Gasteiger partial charge < -0.3 is 29.6 Å². The zero-order chi connectivity index (χ0) is 31.0. The molecular weight excluding hydrogens is 562 g/mol. The van der Waals surface area contributed by atoms with Gasteiger partial charge in [0.2, 0.25) is 11.8 Å². The Morgan fingerprint density at radius 3 is 2.55 bits per heavy atom. The molecule has 3 aromatic heterocycles. The summed E-state index contributed by atoms with van der Waals surface area (Å²) in [6.45, 7) is 3.66. The summed E-state index contributed by atoms with van der Waals surface area (Å²) < 4.78 is 11.7. The third kappa shape index (κ3) is 5.59. The van der Waals surface area contributed by atoms with Crippen LogP contribution in [-0.4, -0.2) is 40.0 Å². The highest BCUT2D eigenvalue weighted by molar-refractivity contribution is 5.98. The lowest BCUT2D eigenvalue weighted by molar-refractivity contribution is -0.142. The van der Waals surface area contributed by atoms with Gasteiger partial charge in [0.25, 0.3) is 0 Å². The second-order valence-electron chi connectivity index (χ2n) is 11.6. The number of carboxylic acid groups (broad SMARTS) is 1. The molecular formula is C34H35N3O7. The number of nitrogens with one attached hydrogen (secondary N) is 3. The van der Waals surface area contributed by atoms with Crippen LogP contribution in [0.4, 0.5) is 0 Å².